The Bertz CT molecular complexity index is 4090. The number of amides is 3. The number of alkyl carbamates (subject to hydrolysis) is 1. The van der Waals surface area contributed by atoms with E-state index in [9.17, 15) is 76.7 Å². The van der Waals surface area contributed by atoms with Crippen LogP contribution >= 0.6 is 0 Å². The molecule has 1 aliphatic carbocycles. The maximum absolute atomic E-state index is 15.2. The maximum atomic E-state index is 15.2. The van der Waals surface area contributed by atoms with Crippen molar-refractivity contribution in [3.8, 4) is 11.1 Å². The second-order valence-electron chi connectivity index (χ2n) is 28.1. The van der Waals surface area contributed by atoms with E-state index in [0.29, 0.717) is 0 Å². The molecule has 3 amide bonds. The second kappa shape index (κ2) is 44.3. The summed E-state index contributed by atoms with van der Waals surface area (Å²) in [4.78, 5) is 230. The van der Waals surface area contributed by atoms with E-state index in [1.54, 1.807) is 0 Å². The first kappa shape index (κ1) is 96.8. The topological polar surface area (TPSA) is 539 Å². The van der Waals surface area contributed by atoms with Gasteiger partial charge in [-0.3, -0.25) is 67.1 Å². The zero-order chi connectivity index (χ0) is 89.6. The highest BCUT2D eigenvalue weighted by Gasteiger charge is 2.65. The van der Waals surface area contributed by atoms with Gasteiger partial charge in [0.2, 0.25) is 11.8 Å². The minimum Gasteiger partial charge on any atom is -0.465 e. The third-order valence-electron chi connectivity index (χ3n) is 18.5. The van der Waals surface area contributed by atoms with Crippen LogP contribution in [0.1, 0.15) is 127 Å². The molecule has 5 aliphatic rings. The van der Waals surface area contributed by atoms with Crippen LogP contribution in [0.5, 0.6) is 0 Å². The molecule has 1 unspecified atom stereocenters. The average Bonchev–Trinajstić information content (AvgIpc) is 1.48. The summed E-state index contributed by atoms with van der Waals surface area (Å²) >= 11 is 0. The van der Waals surface area contributed by atoms with Gasteiger partial charge in [-0.2, -0.15) is 0 Å². The number of hydrogen-bond acceptors (Lipinski definition) is 40. The third-order valence-corrected chi connectivity index (χ3v) is 18.5. The number of carbonyl (C=O) groups excluding carboxylic acids is 17. The molecule has 23 atom stereocenters. The molecule has 2 aromatic rings. The Morgan fingerprint density at radius 1 is 0.471 bits per heavy atom. The van der Waals surface area contributed by atoms with Gasteiger partial charge in [0.15, 0.2) is 73.7 Å². The molecular weight excluding hydrogens is 1620 g/mol. The van der Waals surface area contributed by atoms with Crippen LogP contribution in [0.3, 0.4) is 0 Å². The predicted octanol–water partition coefficient (Wildman–Crippen LogP) is 0.732. The van der Waals surface area contributed by atoms with Crippen molar-refractivity contribution in [1.29, 1.82) is 0 Å². The van der Waals surface area contributed by atoms with Crippen LogP contribution in [-0.2, 0) is 186 Å². The van der Waals surface area contributed by atoms with E-state index in [1.807, 2.05) is 48.5 Å². The number of nitrogens with one attached hydrogen (secondary N) is 3. The summed E-state index contributed by atoms with van der Waals surface area (Å²) < 4.78 is 138. The van der Waals surface area contributed by atoms with Crippen molar-refractivity contribution in [2.24, 2.45) is 0 Å². The molecular formula is C78H99N3O40. The van der Waals surface area contributed by atoms with Crippen LogP contribution in [-0.4, -0.2) is 289 Å². The second-order valence-corrected chi connectivity index (χ2v) is 28.1. The molecule has 0 saturated carbocycles. The van der Waals surface area contributed by atoms with Crippen LogP contribution in [0.25, 0.3) is 11.1 Å². The van der Waals surface area contributed by atoms with E-state index in [-0.39, 0.29) is 6.61 Å². The Morgan fingerprint density at radius 2 is 0.926 bits per heavy atom. The number of rotatable bonds is 36. The fraction of sp³-hybridized carbons (Fsp3) is 0.603. The normalized spacial score (nSPS) is 27.5. The maximum Gasteiger partial charge on any atom is 0.407 e. The van der Waals surface area contributed by atoms with Crippen molar-refractivity contribution >= 4 is 101 Å². The summed E-state index contributed by atoms with van der Waals surface area (Å²) in [7, 11) is 0.774. The summed E-state index contributed by atoms with van der Waals surface area (Å²) in [5.41, 5.74) is 3.42. The first-order chi connectivity index (χ1) is 57.0. The number of benzene rings is 2. The van der Waals surface area contributed by atoms with Gasteiger partial charge in [-0.1, -0.05) is 61.2 Å². The zero-order valence-corrected chi connectivity index (χ0v) is 69.0. The quantitative estimate of drug-likeness (QED) is 0.0481. The monoisotopic (exact) mass is 1720 g/mol. The minimum atomic E-state index is -3.33. The Hall–Kier alpha value is -11.3. The van der Waals surface area contributed by atoms with Gasteiger partial charge in [-0.05, 0) is 29.2 Å². The first-order valence-corrected chi connectivity index (χ1v) is 37.8. The van der Waals surface area contributed by atoms with Gasteiger partial charge < -0.3 is 125 Å². The van der Waals surface area contributed by atoms with E-state index in [2.05, 4.69) is 22.5 Å². The summed E-state index contributed by atoms with van der Waals surface area (Å²) in [5, 5.41) is 7.50. The van der Waals surface area contributed by atoms with Gasteiger partial charge in [0, 0.05) is 103 Å². The average molecular weight is 1720 g/mol. The van der Waals surface area contributed by atoms with Crippen LogP contribution in [0.2, 0.25) is 0 Å². The smallest absolute Gasteiger partial charge is 0.407 e. The Labute approximate surface area is 692 Å². The number of hydrogen-bond donors (Lipinski definition) is 3. The molecule has 43 nitrogen and oxygen atoms in total. The summed E-state index contributed by atoms with van der Waals surface area (Å²) in [6.07, 6.45) is -41.8. The van der Waals surface area contributed by atoms with Crippen LogP contribution < -0.4 is 16.0 Å². The summed E-state index contributed by atoms with van der Waals surface area (Å²) in [6.45, 7) is 12.9. The minimum absolute atomic E-state index is 0.271. The molecule has 2 aromatic carbocycles. The summed E-state index contributed by atoms with van der Waals surface area (Å²) in [6, 6.07) is 9.00. The number of carbonyl (C=O) groups is 17. The predicted molar refractivity (Wildman–Crippen MR) is 395 cm³/mol. The largest absolute Gasteiger partial charge is 0.465 e. The zero-order valence-electron chi connectivity index (χ0n) is 69.0. The van der Waals surface area contributed by atoms with Crippen molar-refractivity contribution in [3.05, 3.63) is 72.3 Å². The van der Waals surface area contributed by atoms with Gasteiger partial charge in [-0.15, -0.1) is 0 Å². The lowest BCUT2D eigenvalue weighted by Crippen LogP contribution is -2.72. The van der Waals surface area contributed by atoms with E-state index in [4.69, 9.17) is 109 Å². The number of ether oxygens (including phenoxy) is 23. The molecule has 7 rings (SSSR count). The molecule has 4 heterocycles. The van der Waals surface area contributed by atoms with Crippen molar-refractivity contribution in [3.63, 3.8) is 0 Å². The van der Waals surface area contributed by atoms with Gasteiger partial charge in [0.1, 0.15) is 88.4 Å². The van der Waals surface area contributed by atoms with E-state index >= 15 is 4.79 Å². The molecule has 4 fully saturated rings. The van der Waals surface area contributed by atoms with Crippen molar-refractivity contribution < 1.29 is 190 Å². The van der Waals surface area contributed by atoms with Crippen molar-refractivity contribution in [1.82, 2.24) is 16.0 Å². The molecule has 0 spiro atoms. The number of methoxy groups -OCH3 is 1. The van der Waals surface area contributed by atoms with Crippen LogP contribution in [0, 0.1) is 0 Å². The fourth-order valence-corrected chi connectivity index (χ4v) is 14.2. The molecule has 3 N–H and O–H groups in total. The molecule has 43 heteroatoms. The Kier molecular flexibility index (Phi) is 35.4. The van der Waals surface area contributed by atoms with E-state index in [1.165, 1.54) is 13.0 Å². The lowest BCUT2D eigenvalue weighted by atomic mass is 9.87. The Morgan fingerprint density at radius 3 is 1.41 bits per heavy atom. The third kappa shape index (κ3) is 26.8. The Balaban J connectivity index is 1.42. The standard InChI is InChI=1S/C78H99N3O40/c1-18-27-100-72(96)59(81-77(98)105-29-53-51-25-21-19-23-49(51)50-24-20-22-26-52(50)53)34(2)106-74-70(68(113-47(15)94)64(110-44(12)91)57(116-74)32-103-39(7)86)119-73-61(80-36(4)83)66(112-46(14)93)62(56(115-73)31-102-38(6)85)118-75-71(114-48(16)95)69(65(111-45(13)92)58(117-75)33-104-40(8)87)121-78(76(97)99-17)28-54(107-41(9)88)60(79-35(3)82)67(120-78)63(109-43(11)90)55(108-42(10)89)30-101-37(5)84/h18-26,34,53-71,73-75H,1,27-33H2,2-17H3,(H,79,82)(H,80,83)(H,81,98)/t34-,54+,55-,56-,57-,58-,59+,60-,61-,62-,63-,64-,65+,66-,67-,68+,69+,70+,71-,73+,74+,75+,78?/m1/s1. The van der Waals surface area contributed by atoms with Gasteiger partial charge >= 0.3 is 89.7 Å². The highest BCUT2D eigenvalue weighted by atomic mass is 16.8. The first-order valence-electron chi connectivity index (χ1n) is 37.8. The molecule has 0 aromatic heterocycles. The fourth-order valence-electron chi connectivity index (χ4n) is 14.2. The van der Waals surface area contributed by atoms with E-state index in [0.717, 1.165) is 126 Å². The SMILES string of the molecule is C=CCOC(=O)[C@@H](NC(=O)OCC1c2ccccc2-c2ccccc21)[C@@H](C)O[C@H]1O[C@H](COC(C)=O)[C@@H](OC(C)=O)[C@H](OC(C)=O)[C@@H]1O[C@@H]1O[C@H](COC(C)=O)[C@@H](O[C@@H]2O[C@H](COC(C)=O)[C@H](OC(C)=O)[C@H](OC3(C(=O)OC)C[C@H](OC(C)=O)[C@@H](NC(C)=O)[C@H]([C@H](OC(C)=O)[C@@H](COC(C)=O)OC(C)=O)O3)[C@H]2OC(C)=O)[C@H](OC(C)=O)[C@H]1NC(C)=O. The van der Waals surface area contributed by atoms with E-state index < -0.39 is 287 Å². The molecule has 4 aliphatic heterocycles. The highest BCUT2D eigenvalue weighted by molar-refractivity contribution is 5.83. The molecule has 4 saturated heterocycles. The lowest BCUT2D eigenvalue weighted by molar-refractivity contribution is -0.390. The molecule has 0 bridgehead atoms. The lowest BCUT2D eigenvalue weighted by Gasteiger charge is -2.53. The van der Waals surface area contributed by atoms with Crippen molar-refractivity contribution in [2.75, 3.05) is 46.8 Å². The van der Waals surface area contributed by atoms with Crippen molar-refractivity contribution in [2.45, 2.75) is 257 Å². The van der Waals surface area contributed by atoms with Gasteiger partial charge in [-0.25, -0.2) is 14.4 Å². The summed E-state index contributed by atoms with van der Waals surface area (Å²) in [5.74, 6) is -22.1. The van der Waals surface area contributed by atoms with Gasteiger partial charge in [0.05, 0.1) is 25.7 Å². The molecule has 0 radical (unpaired) electrons. The number of fused-ring (bicyclic) bond motifs is 3. The highest BCUT2D eigenvalue weighted by Crippen LogP contribution is 2.46. The molecule has 121 heavy (non-hydrogen) atoms. The van der Waals surface area contributed by atoms with Crippen LogP contribution in [0.4, 0.5) is 4.79 Å². The van der Waals surface area contributed by atoms with Gasteiger partial charge in [0.25, 0.3) is 5.79 Å². The van der Waals surface area contributed by atoms with Crippen LogP contribution in [0.15, 0.2) is 61.2 Å². The molecule has 666 valence electrons. The number of esters is 14.